The maximum absolute atomic E-state index is 6.05. The molecule has 0 amide bonds. The van der Waals surface area contributed by atoms with Crippen LogP contribution in [0.3, 0.4) is 0 Å². The highest BCUT2D eigenvalue weighted by Crippen LogP contribution is 2.28. The first-order chi connectivity index (χ1) is 9.15. The van der Waals surface area contributed by atoms with Crippen molar-refractivity contribution in [2.75, 3.05) is 24.8 Å². The van der Waals surface area contributed by atoms with Crippen LogP contribution in [0.5, 0.6) is 5.75 Å². The largest absolute Gasteiger partial charge is 0.497 e. The van der Waals surface area contributed by atoms with E-state index in [1.54, 1.807) is 7.11 Å². The summed E-state index contributed by atoms with van der Waals surface area (Å²) in [5, 5.41) is 0. The Morgan fingerprint density at radius 1 is 1.05 bits per heavy atom. The van der Waals surface area contributed by atoms with Gasteiger partial charge in [-0.25, -0.2) is 0 Å². The third-order valence-electron chi connectivity index (χ3n) is 3.36. The molecule has 3 heteroatoms. The van der Waals surface area contributed by atoms with Gasteiger partial charge in [0.15, 0.2) is 0 Å². The molecule has 100 valence electrons. The van der Waals surface area contributed by atoms with Crippen LogP contribution < -0.4 is 15.4 Å². The molecule has 0 unspecified atom stereocenters. The van der Waals surface area contributed by atoms with E-state index >= 15 is 0 Å². The lowest BCUT2D eigenvalue weighted by Gasteiger charge is -2.21. The molecule has 0 saturated heterocycles. The van der Waals surface area contributed by atoms with Crippen molar-refractivity contribution in [1.29, 1.82) is 0 Å². The van der Waals surface area contributed by atoms with Crippen molar-refractivity contribution in [3.05, 3.63) is 48.0 Å². The maximum atomic E-state index is 6.05. The Bertz CT molecular complexity index is 549. The molecule has 2 N–H and O–H groups in total. The third kappa shape index (κ3) is 2.81. The number of methoxy groups -OCH3 is 1. The normalized spacial score (nSPS) is 10.3. The fraction of sp³-hybridized carbons (Fsp3) is 0.250. The summed E-state index contributed by atoms with van der Waals surface area (Å²) in [5.41, 5.74) is 10.3. The van der Waals surface area contributed by atoms with Gasteiger partial charge in [0, 0.05) is 24.1 Å². The Labute approximate surface area is 114 Å². The molecule has 2 rings (SSSR count). The van der Waals surface area contributed by atoms with E-state index in [4.69, 9.17) is 10.5 Å². The molecule has 0 fully saturated rings. The van der Waals surface area contributed by atoms with Gasteiger partial charge in [-0.2, -0.15) is 0 Å². The molecular weight excluding hydrogens is 236 g/mol. The number of nitrogens with zero attached hydrogens (tertiary/aromatic N) is 1. The lowest BCUT2D eigenvalue weighted by atomic mass is 10.1. The number of hydrogen-bond donors (Lipinski definition) is 1. The number of nitrogen functional groups attached to an aromatic ring is 1. The number of anilines is 3. The monoisotopic (exact) mass is 256 g/mol. The van der Waals surface area contributed by atoms with Gasteiger partial charge in [0.1, 0.15) is 5.75 Å². The quantitative estimate of drug-likeness (QED) is 0.849. The van der Waals surface area contributed by atoms with E-state index < -0.39 is 0 Å². The second kappa shape index (κ2) is 5.65. The lowest BCUT2D eigenvalue weighted by molar-refractivity contribution is 0.415. The van der Waals surface area contributed by atoms with E-state index in [1.165, 1.54) is 5.56 Å². The van der Waals surface area contributed by atoms with E-state index in [2.05, 4.69) is 24.0 Å². The average Bonchev–Trinajstić information content (AvgIpc) is 2.46. The molecular formula is C16H20N2O. The average molecular weight is 256 g/mol. The van der Waals surface area contributed by atoms with Crippen molar-refractivity contribution >= 4 is 17.1 Å². The predicted molar refractivity (Wildman–Crippen MR) is 81.3 cm³/mol. The summed E-state index contributed by atoms with van der Waals surface area (Å²) >= 11 is 0. The van der Waals surface area contributed by atoms with Crippen LogP contribution in [0.2, 0.25) is 0 Å². The van der Waals surface area contributed by atoms with Crippen molar-refractivity contribution in [2.45, 2.75) is 13.3 Å². The Kier molecular flexibility index (Phi) is 3.95. The van der Waals surface area contributed by atoms with Gasteiger partial charge in [-0.15, -0.1) is 0 Å². The first-order valence-electron chi connectivity index (χ1n) is 6.42. The van der Waals surface area contributed by atoms with Crippen molar-refractivity contribution < 1.29 is 4.74 Å². The summed E-state index contributed by atoms with van der Waals surface area (Å²) in [4.78, 5) is 2.11. The van der Waals surface area contributed by atoms with Gasteiger partial charge in [0.05, 0.1) is 7.11 Å². The van der Waals surface area contributed by atoms with Crippen molar-refractivity contribution in [3.8, 4) is 5.75 Å². The van der Waals surface area contributed by atoms with Crippen LogP contribution in [-0.2, 0) is 6.42 Å². The molecule has 2 aromatic carbocycles. The highest BCUT2D eigenvalue weighted by Gasteiger charge is 2.06. The first kappa shape index (κ1) is 13.3. The number of rotatable bonds is 4. The fourth-order valence-electron chi connectivity index (χ4n) is 2.07. The summed E-state index contributed by atoms with van der Waals surface area (Å²) in [7, 11) is 3.70. The van der Waals surface area contributed by atoms with Crippen molar-refractivity contribution in [2.24, 2.45) is 0 Å². The Hall–Kier alpha value is -2.16. The maximum Gasteiger partial charge on any atom is 0.119 e. The third-order valence-corrected chi connectivity index (χ3v) is 3.36. The summed E-state index contributed by atoms with van der Waals surface area (Å²) in [5.74, 6) is 0.859. The molecule has 0 spiro atoms. The summed E-state index contributed by atoms with van der Waals surface area (Å²) in [6, 6.07) is 14.2. The molecule has 0 heterocycles. The molecule has 0 bridgehead atoms. The topological polar surface area (TPSA) is 38.5 Å². The van der Waals surface area contributed by atoms with Crippen molar-refractivity contribution in [3.63, 3.8) is 0 Å². The molecule has 2 aromatic rings. The summed E-state index contributed by atoms with van der Waals surface area (Å²) < 4.78 is 5.17. The second-order valence-electron chi connectivity index (χ2n) is 4.49. The Morgan fingerprint density at radius 3 is 2.21 bits per heavy atom. The predicted octanol–water partition coefficient (Wildman–Crippen LogP) is 3.61. The minimum Gasteiger partial charge on any atom is -0.497 e. The van der Waals surface area contributed by atoms with Gasteiger partial charge in [-0.1, -0.05) is 13.0 Å². The molecule has 0 aliphatic rings. The summed E-state index contributed by atoms with van der Waals surface area (Å²) in [6.45, 7) is 2.11. The van der Waals surface area contributed by atoms with Gasteiger partial charge in [0.25, 0.3) is 0 Å². The van der Waals surface area contributed by atoms with Crippen LogP contribution in [-0.4, -0.2) is 14.2 Å². The van der Waals surface area contributed by atoms with Gasteiger partial charge in [-0.3, -0.25) is 0 Å². The number of hydrogen-bond acceptors (Lipinski definition) is 3. The van der Waals surface area contributed by atoms with Crippen molar-refractivity contribution in [1.82, 2.24) is 0 Å². The van der Waals surface area contributed by atoms with E-state index in [1.807, 2.05) is 37.4 Å². The first-order valence-corrected chi connectivity index (χ1v) is 6.42. The molecule has 0 saturated carbocycles. The molecule has 0 radical (unpaired) electrons. The zero-order chi connectivity index (χ0) is 13.8. The van der Waals surface area contributed by atoms with Gasteiger partial charge < -0.3 is 15.4 Å². The SMILES string of the molecule is CCc1ccc(N(C)c2ccc(OC)cc2)cc1N. The van der Waals surface area contributed by atoms with Crippen LogP contribution in [0.1, 0.15) is 12.5 Å². The standard InChI is InChI=1S/C16H20N2O/c1-4-12-5-6-14(11-16(12)17)18(2)13-7-9-15(19-3)10-8-13/h5-11H,4,17H2,1-3H3. The molecule has 0 aliphatic carbocycles. The molecule has 0 aromatic heterocycles. The lowest BCUT2D eigenvalue weighted by Crippen LogP contribution is -2.10. The van der Waals surface area contributed by atoms with E-state index in [0.717, 1.165) is 29.2 Å². The second-order valence-corrected chi connectivity index (χ2v) is 4.49. The molecule has 0 aliphatic heterocycles. The number of aryl methyl sites for hydroxylation is 1. The highest BCUT2D eigenvalue weighted by atomic mass is 16.5. The van der Waals surface area contributed by atoms with Crippen LogP contribution in [0.15, 0.2) is 42.5 Å². The fourth-order valence-corrected chi connectivity index (χ4v) is 2.07. The minimum absolute atomic E-state index is 0.848. The zero-order valence-electron chi connectivity index (χ0n) is 11.7. The van der Waals surface area contributed by atoms with Crippen LogP contribution in [0, 0.1) is 0 Å². The van der Waals surface area contributed by atoms with Gasteiger partial charge in [-0.05, 0) is 48.4 Å². The van der Waals surface area contributed by atoms with E-state index in [0.29, 0.717) is 0 Å². The Morgan fingerprint density at radius 2 is 1.68 bits per heavy atom. The van der Waals surface area contributed by atoms with Gasteiger partial charge >= 0.3 is 0 Å². The molecule has 19 heavy (non-hydrogen) atoms. The zero-order valence-corrected chi connectivity index (χ0v) is 11.7. The summed E-state index contributed by atoms with van der Waals surface area (Å²) in [6.07, 6.45) is 0.957. The minimum atomic E-state index is 0.848. The number of benzene rings is 2. The van der Waals surface area contributed by atoms with E-state index in [9.17, 15) is 0 Å². The highest BCUT2D eigenvalue weighted by molar-refractivity contribution is 5.68. The van der Waals surface area contributed by atoms with Crippen LogP contribution in [0.25, 0.3) is 0 Å². The van der Waals surface area contributed by atoms with E-state index in [-0.39, 0.29) is 0 Å². The van der Waals surface area contributed by atoms with Crippen LogP contribution >= 0.6 is 0 Å². The Balaban J connectivity index is 2.27. The smallest absolute Gasteiger partial charge is 0.119 e. The molecule has 3 nitrogen and oxygen atoms in total. The number of nitrogens with two attached hydrogens (primary N) is 1. The number of ether oxygens (including phenoxy) is 1. The molecule has 0 atom stereocenters. The van der Waals surface area contributed by atoms with Gasteiger partial charge in [0.2, 0.25) is 0 Å². The van der Waals surface area contributed by atoms with Crippen LogP contribution in [0.4, 0.5) is 17.1 Å².